The summed E-state index contributed by atoms with van der Waals surface area (Å²) in [6.45, 7) is 0. The second kappa shape index (κ2) is 6.40. The van der Waals surface area contributed by atoms with E-state index in [0.29, 0.717) is 0 Å². The van der Waals surface area contributed by atoms with E-state index in [1.54, 1.807) is 24.3 Å². The number of hydrogen-bond acceptors (Lipinski definition) is 2. The van der Waals surface area contributed by atoms with E-state index in [4.69, 9.17) is 5.26 Å². The molecule has 0 aliphatic carbocycles. The van der Waals surface area contributed by atoms with Crippen LogP contribution in [0.15, 0.2) is 53.4 Å². The van der Waals surface area contributed by atoms with E-state index in [9.17, 15) is 13.0 Å². The van der Waals surface area contributed by atoms with E-state index >= 15 is 0 Å². The van der Waals surface area contributed by atoms with Gasteiger partial charge in [0, 0.05) is 10.6 Å². The number of benzene rings is 2. The first kappa shape index (κ1) is 14.4. The van der Waals surface area contributed by atoms with Gasteiger partial charge in [0.1, 0.15) is 0 Å². The van der Waals surface area contributed by atoms with E-state index in [-0.39, 0.29) is 10.6 Å². The molecule has 0 heterocycles. The normalized spacial score (nSPS) is 13.4. The number of hydrogen-bond donors (Lipinski definition) is 0. The zero-order valence-electron chi connectivity index (χ0n) is 10.4. The lowest BCUT2D eigenvalue weighted by atomic mass is 10.0. The summed E-state index contributed by atoms with van der Waals surface area (Å²) in [6, 6.07) is 14.2. The van der Waals surface area contributed by atoms with Gasteiger partial charge in [0.25, 0.3) is 0 Å². The van der Waals surface area contributed by atoms with Crippen LogP contribution in [-0.4, -0.2) is 9.96 Å². The average Bonchev–Trinajstić information content (AvgIpc) is 2.48. The summed E-state index contributed by atoms with van der Waals surface area (Å²) in [5, 5.41) is 9.16. The molecule has 0 saturated heterocycles. The minimum Gasteiger partial charge on any atom is -0.254 e. The minimum absolute atomic E-state index is 0.0472. The number of rotatable bonds is 4. The molecule has 0 fully saturated rings. The Labute approximate surface area is 118 Å². The van der Waals surface area contributed by atoms with Crippen LogP contribution in [0.3, 0.4) is 0 Å². The molecule has 0 radical (unpaired) electrons. The summed E-state index contributed by atoms with van der Waals surface area (Å²) in [4.78, 5) is 0.181. The molecule has 2 unspecified atom stereocenters. The predicted octanol–water partition coefficient (Wildman–Crippen LogP) is 3.38. The van der Waals surface area contributed by atoms with Gasteiger partial charge < -0.3 is 0 Å². The molecule has 0 aromatic heterocycles. The Hall–Kier alpha value is -2.06. The second-order valence-electron chi connectivity index (χ2n) is 4.18. The first-order valence-electron chi connectivity index (χ1n) is 5.90. The smallest absolute Gasteiger partial charge is 0.160 e. The molecule has 102 valence electrons. The van der Waals surface area contributed by atoms with E-state index in [2.05, 4.69) is 6.07 Å². The Morgan fingerprint density at radius 3 is 2.40 bits per heavy atom. The van der Waals surface area contributed by atoms with Gasteiger partial charge in [-0.2, -0.15) is 5.26 Å². The zero-order chi connectivity index (χ0) is 14.5. The molecule has 2 rings (SSSR count). The predicted molar refractivity (Wildman–Crippen MR) is 72.4 cm³/mol. The SMILES string of the molecule is N#CC(CS(=O)c1ccc(F)c(F)c1)c1ccccc1. The summed E-state index contributed by atoms with van der Waals surface area (Å²) >= 11 is 0. The molecule has 0 amide bonds. The fourth-order valence-electron chi connectivity index (χ4n) is 1.76. The highest BCUT2D eigenvalue weighted by molar-refractivity contribution is 7.85. The Balaban J connectivity index is 2.18. The molecule has 2 nitrogen and oxygen atoms in total. The summed E-state index contributed by atoms with van der Waals surface area (Å²) in [5.74, 6) is -2.52. The maximum absolute atomic E-state index is 13.1. The van der Waals surface area contributed by atoms with Crippen molar-refractivity contribution in [3.63, 3.8) is 0 Å². The maximum atomic E-state index is 13.1. The molecule has 0 spiro atoms. The fraction of sp³-hybridized carbons (Fsp3) is 0.133. The van der Waals surface area contributed by atoms with Crippen molar-refractivity contribution >= 4 is 10.8 Å². The molecule has 0 saturated carbocycles. The molecule has 2 aromatic rings. The van der Waals surface area contributed by atoms with Crippen molar-refractivity contribution in [1.29, 1.82) is 5.26 Å². The maximum Gasteiger partial charge on any atom is 0.160 e. The molecule has 0 N–H and O–H groups in total. The van der Waals surface area contributed by atoms with Gasteiger partial charge in [0.2, 0.25) is 0 Å². The van der Waals surface area contributed by atoms with Gasteiger partial charge in [-0.1, -0.05) is 30.3 Å². The van der Waals surface area contributed by atoms with Crippen molar-refractivity contribution in [1.82, 2.24) is 0 Å². The number of halogens is 2. The first-order valence-corrected chi connectivity index (χ1v) is 7.21. The Morgan fingerprint density at radius 2 is 1.80 bits per heavy atom. The van der Waals surface area contributed by atoms with E-state index in [1.165, 1.54) is 6.07 Å². The second-order valence-corrected chi connectivity index (χ2v) is 5.68. The highest BCUT2D eigenvalue weighted by atomic mass is 32.2. The third kappa shape index (κ3) is 3.28. The highest BCUT2D eigenvalue weighted by Crippen LogP contribution is 2.20. The summed E-state index contributed by atoms with van der Waals surface area (Å²) < 4.78 is 38.1. The standard InChI is InChI=1S/C15H11F2NOS/c16-14-7-6-13(8-15(14)17)20(19)10-12(9-18)11-4-2-1-3-5-11/h1-8,12H,10H2. The van der Waals surface area contributed by atoms with Gasteiger partial charge in [-0.25, -0.2) is 8.78 Å². The van der Waals surface area contributed by atoms with Crippen LogP contribution in [0.25, 0.3) is 0 Å². The molecule has 0 aliphatic heterocycles. The zero-order valence-corrected chi connectivity index (χ0v) is 11.2. The monoisotopic (exact) mass is 291 g/mol. The van der Waals surface area contributed by atoms with Crippen LogP contribution in [0.1, 0.15) is 11.5 Å². The van der Waals surface area contributed by atoms with E-state index in [0.717, 1.165) is 17.7 Å². The quantitative estimate of drug-likeness (QED) is 0.866. The Bertz CT molecular complexity index is 667. The molecule has 2 atom stereocenters. The average molecular weight is 291 g/mol. The third-order valence-corrected chi connectivity index (χ3v) is 4.25. The molecule has 2 aromatic carbocycles. The van der Waals surface area contributed by atoms with Crippen LogP contribution in [0.2, 0.25) is 0 Å². The number of nitrogens with zero attached hydrogens (tertiary/aromatic N) is 1. The van der Waals surface area contributed by atoms with Crippen LogP contribution < -0.4 is 0 Å². The lowest BCUT2D eigenvalue weighted by Crippen LogP contribution is -2.08. The van der Waals surface area contributed by atoms with Gasteiger partial charge in [-0.3, -0.25) is 4.21 Å². The van der Waals surface area contributed by atoms with Crippen LogP contribution in [-0.2, 0) is 10.8 Å². The van der Waals surface area contributed by atoms with Crippen molar-refractivity contribution in [3.05, 3.63) is 65.7 Å². The largest absolute Gasteiger partial charge is 0.254 e. The van der Waals surface area contributed by atoms with Crippen molar-refractivity contribution in [2.45, 2.75) is 10.8 Å². The van der Waals surface area contributed by atoms with Crippen molar-refractivity contribution in [2.75, 3.05) is 5.75 Å². The minimum atomic E-state index is -1.56. The van der Waals surface area contributed by atoms with Crippen LogP contribution in [0, 0.1) is 23.0 Å². The topological polar surface area (TPSA) is 40.9 Å². The van der Waals surface area contributed by atoms with Crippen molar-refractivity contribution < 1.29 is 13.0 Å². The van der Waals surface area contributed by atoms with Crippen LogP contribution in [0.4, 0.5) is 8.78 Å². The lowest BCUT2D eigenvalue weighted by molar-refractivity contribution is 0.505. The Kier molecular flexibility index (Phi) is 4.59. The molecule has 20 heavy (non-hydrogen) atoms. The summed E-state index contributed by atoms with van der Waals surface area (Å²) in [5.41, 5.74) is 0.755. The molecular formula is C15H11F2NOS. The molecule has 0 bridgehead atoms. The van der Waals surface area contributed by atoms with Gasteiger partial charge in [-0.05, 0) is 23.8 Å². The fourth-order valence-corrected chi connectivity index (χ4v) is 2.98. The first-order chi connectivity index (χ1) is 9.61. The third-order valence-electron chi connectivity index (χ3n) is 2.83. The molecular weight excluding hydrogens is 280 g/mol. The van der Waals surface area contributed by atoms with Crippen molar-refractivity contribution in [2.24, 2.45) is 0 Å². The molecule has 0 aliphatic rings. The summed E-state index contributed by atoms with van der Waals surface area (Å²) in [7, 11) is -1.56. The van der Waals surface area contributed by atoms with E-state index in [1.807, 2.05) is 6.07 Å². The van der Waals surface area contributed by atoms with Gasteiger partial charge in [-0.15, -0.1) is 0 Å². The highest BCUT2D eigenvalue weighted by Gasteiger charge is 2.16. The van der Waals surface area contributed by atoms with Gasteiger partial charge >= 0.3 is 0 Å². The van der Waals surface area contributed by atoms with Crippen molar-refractivity contribution in [3.8, 4) is 6.07 Å². The van der Waals surface area contributed by atoms with E-state index < -0.39 is 28.4 Å². The van der Waals surface area contributed by atoms with Crippen LogP contribution >= 0.6 is 0 Å². The van der Waals surface area contributed by atoms with Gasteiger partial charge in [0.05, 0.1) is 22.8 Å². The molecule has 5 heteroatoms. The van der Waals surface area contributed by atoms with Crippen LogP contribution in [0.5, 0.6) is 0 Å². The Morgan fingerprint density at radius 1 is 1.10 bits per heavy atom. The number of nitriles is 1. The lowest BCUT2D eigenvalue weighted by Gasteiger charge is -2.09. The van der Waals surface area contributed by atoms with Gasteiger partial charge in [0.15, 0.2) is 11.6 Å². The summed E-state index contributed by atoms with van der Waals surface area (Å²) in [6.07, 6.45) is 0.